The molecule has 1 amide bonds. The van der Waals surface area contributed by atoms with Gasteiger partial charge in [-0.25, -0.2) is 4.39 Å². The van der Waals surface area contributed by atoms with Crippen LogP contribution in [0.4, 0.5) is 4.39 Å². The lowest BCUT2D eigenvalue weighted by molar-refractivity contribution is -0.127. The minimum Gasteiger partial charge on any atom is -0.338 e. The molecule has 1 atom stereocenters. The normalized spacial score (nSPS) is 20.1. The molecule has 0 aliphatic carbocycles. The maximum absolute atomic E-state index is 13.2. The molecule has 0 spiro atoms. The summed E-state index contributed by atoms with van der Waals surface area (Å²) in [5, 5.41) is 3.22. The van der Waals surface area contributed by atoms with Crippen molar-refractivity contribution in [2.75, 3.05) is 20.1 Å². The summed E-state index contributed by atoms with van der Waals surface area (Å²) >= 11 is 0. The Morgan fingerprint density at radius 3 is 3.00 bits per heavy atom. The molecule has 108 valence electrons. The van der Waals surface area contributed by atoms with Gasteiger partial charge in [0.05, 0.1) is 0 Å². The topological polar surface area (TPSA) is 32.3 Å². The third-order valence-electron chi connectivity index (χ3n) is 3.76. The van der Waals surface area contributed by atoms with E-state index in [1.165, 1.54) is 12.1 Å². The van der Waals surface area contributed by atoms with E-state index in [1.807, 2.05) is 24.9 Å². The lowest BCUT2D eigenvalue weighted by Crippen LogP contribution is -2.46. The number of benzene rings is 1. The van der Waals surface area contributed by atoms with Gasteiger partial charge >= 0.3 is 0 Å². The zero-order valence-electron chi connectivity index (χ0n) is 12.0. The second-order valence-corrected chi connectivity index (χ2v) is 5.25. The number of hydrogen-bond donors (Lipinski definition) is 1. The lowest BCUT2D eigenvalue weighted by Gasteiger charge is -2.32. The number of piperidine rings is 1. The minimum absolute atomic E-state index is 0.00621. The highest BCUT2D eigenvalue weighted by atomic mass is 19.1. The van der Waals surface area contributed by atoms with Crippen LogP contribution in [-0.2, 0) is 4.79 Å². The Labute approximate surface area is 119 Å². The molecule has 2 rings (SSSR count). The average molecular weight is 276 g/mol. The summed E-state index contributed by atoms with van der Waals surface area (Å²) in [5.41, 5.74) is 1.54. The standard InChI is InChI=1S/C16H21FN2O/c1-12(13-5-3-6-14(17)10-13)9-16(20)19-8-4-7-15(11-19)18-2/h3,5-6,9-10,15,18H,4,7-8,11H2,1-2H3/b12-9+. The van der Waals surface area contributed by atoms with Crippen molar-refractivity contribution in [3.05, 3.63) is 41.7 Å². The van der Waals surface area contributed by atoms with Crippen LogP contribution in [0.15, 0.2) is 30.3 Å². The van der Waals surface area contributed by atoms with Crippen molar-refractivity contribution < 1.29 is 9.18 Å². The first-order chi connectivity index (χ1) is 9.60. The Balaban J connectivity index is 2.07. The summed E-state index contributed by atoms with van der Waals surface area (Å²) < 4.78 is 13.2. The van der Waals surface area contributed by atoms with E-state index in [-0.39, 0.29) is 11.7 Å². The average Bonchev–Trinajstić information content (AvgIpc) is 2.47. The highest BCUT2D eigenvalue weighted by molar-refractivity contribution is 5.94. The van der Waals surface area contributed by atoms with E-state index in [2.05, 4.69) is 5.32 Å². The van der Waals surface area contributed by atoms with Crippen LogP contribution in [0, 0.1) is 5.82 Å². The molecule has 0 radical (unpaired) electrons. The van der Waals surface area contributed by atoms with Crippen molar-refractivity contribution in [1.29, 1.82) is 0 Å². The van der Waals surface area contributed by atoms with Crippen LogP contribution in [0.3, 0.4) is 0 Å². The van der Waals surface area contributed by atoms with Gasteiger partial charge in [0.1, 0.15) is 5.82 Å². The number of likely N-dealkylation sites (tertiary alicyclic amines) is 1. The largest absolute Gasteiger partial charge is 0.338 e. The molecule has 1 N–H and O–H groups in total. The first kappa shape index (κ1) is 14.7. The Morgan fingerprint density at radius 2 is 2.30 bits per heavy atom. The van der Waals surface area contributed by atoms with Gasteiger partial charge in [0.25, 0.3) is 0 Å². The van der Waals surface area contributed by atoms with E-state index in [0.29, 0.717) is 6.04 Å². The van der Waals surface area contributed by atoms with Crippen LogP contribution in [-0.4, -0.2) is 37.0 Å². The van der Waals surface area contributed by atoms with Crippen molar-refractivity contribution >= 4 is 11.5 Å². The third kappa shape index (κ3) is 3.67. The van der Waals surface area contributed by atoms with Crippen molar-refractivity contribution in [1.82, 2.24) is 10.2 Å². The molecule has 1 unspecified atom stereocenters. The fraction of sp³-hybridized carbons (Fsp3) is 0.438. The first-order valence-electron chi connectivity index (χ1n) is 7.00. The number of carbonyl (C=O) groups is 1. The van der Waals surface area contributed by atoms with Crippen molar-refractivity contribution in [2.45, 2.75) is 25.8 Å². The molecule has 0 bridgehead atoms. The molecule has 1 aromatic carbocycles. The summed E-state index contributed by atoms with van der Waals surface area (Å²) in [6, 6.07) is 6.70. The molecule has 1 fully saturated rings. The zero-order chi connectivity index (χ0) is 14.5. The predicted molar refractivity (Wildman–Crippen MR) is 78.7 cm³/mol. The highest BCUT2D eigenvalue weighted by Crippen LogP contribution is 2.16. The van der Waals surface area contributed by atoms with Crippen LogP contribution < -0.4 is 5.32 Å². The molecule has 0 saturated carbocycles. The Bertz CT molecular complexity index is 513. The number of amides is 1. The maximum Gasteiger partial charge on any atom is 0.246 e. The van der Waals surface area contributed by atoms with E-state index >= 15 is 0 Å². The second-order valence-electron chi connectivity index (χ2n) is 5.25. The van der Waals surface area contributed by atoms with E-state index < -0.39 is 0 Å². The van der Waals surface area contributed by atoms with E-state index in [4.69, 9.17) is 0 Å². The molecule has 4 heteroatoms. The van der Waals surface area contributed by atoms with Crippen LogP contribution in [0.1, 0.15) is 25.3 Å². The van der Waals surface area contributed by atoms with E-state index in [0.717, 1.165) is 37.1 Å². The van der Waals surface area contributed by atoms with Gasteiger partial charge in [0.15, 0.2) is 0 Å². The monoisotopic (exact) mass is 276 g/mol. The molecule has 20 heavy (non-hydrogen) atoms. The van der Waals surface area contributed by atoms with Crippen molar-refractivity contribution in [2.24, 2.45) is 0 Å². The van der Waals surface area contributed by atoms with Crippen LogP contribution in [0.5, 0.6) is 0 Å². The summed E-state index contributed by atoms with van der Waals surface area (Å²) in [7, 11) is 1.92. The van der Waals surface area contributed by atoms with Gasteiger partial charge in [-0.15, -0.1) is 0 Å². The lowest BCUT2D eigenvalue weighted by atomic mass is 10.0. The molecule has 1 heterocycles. The Hall–Kier alpha value is -1.68. The number of nitrogens with zero attached hydrogens (tertiary/aromatic N) is 1. The summed E-state index contributed by atoms with van der Waals surface area (Å²) in [5.74, 6) is -0.275. The number of nitrogens with one attached hydrogen (secondary N) is 1. The smallest absolute Gasteiger partial charge is 0.246 e. The molecule has 1 aromatic rings. The van der Waals surface area contributed by atoms with Crippen molar-refractivity contribution in [3.8, 4) is 0 Å². The second kappa shape index (κ2) is 6.66. The molecule has 1 aliphatic rings. The number of allylic oxidation sites excluding steroid dienone is 1. The molecule has 0 aromatic heterocycles. The zero-order valence-corrected chi connectivity index (χ0v) is 12.0. The fourth-order valence-corrected chi connectivity index (χ4v) is 2.51. The van der Waals surface area contributed by atoms with Crippen molar-refractivity contribution in [3.63, 3.8) is 0 Å². The highest BCUT2D eigenvalue weighted by Gasteiger charge is 2.21. The van der Waals surface area contributed by atoms with Gasteiger partial charge in [-0.1, -0.05) is 12.1 Å². The van der Waals surface area contributed by atoms with Crippen LogP contribution in [0.25, 0.3) is 5.57 Å². The SMILES string of the molecule is CNC1CCCN(C(=O)/C=C(\C)c2cccc(F)c2)C1. The van der Waals surface area contributed by atoms with Gasteiger partial charge in [0.2, 0.25) is 5.91 Å². The van der Waals surface area contributed by atoms with Gasteiger partial charge in [0, 0.05) is 25.2 Å². The maximum atomic E-state index is 13.2. The van der Waals surface area contributed by atoms with E-state index in [1.54, 1.807) is 12.1 Å². The number of rotatable bonds is 3. The fourth-order valence-electron chi connectivity index (χ4n) is 2.51. The molecule has 1 saturated heterocycles. The van der Waals surface area contributed by atoms with Gasteiger partial charge < -0.3 is 10.2 Å². The molecular weight excluding hydrogens is 255 g/mol. The van der Waals surface area contributed by atoms with Gasteiger partial charge in [-0.2, -0.15) is 0 Å². The number of carbonyl (C=O) groups excluding carboxylic acids is 1. The predicted octanol–water partition coefficient (Wildman–Crippen LogP) is 2.44. The van der Waals surface area contributed by atoms with Gasteiger partial charge in [-0.05, 0) is 50.1 Å². The quantitative estimate of drug-likeness (QED) is 0.860. The molecular formula is C16H21FN2O. The van der Waals surface area contributed by atoms with Crippen LogP contribution in [0.2, 0.25) is 0 Å². The van der Waals surface area contributed by atoms with Crippen LogP contribution >= 0.6 is 0 Å². The first-order valence-corrected chi connectivity index (χ1v) is 7.00. The summed E-state index contributed by atoms with van der Waals surface area (Å²) in [6.45, 7) is 3.37. The number of likely N-dealkylation sites (N-methyl/N-ethyl adjacent to an activating group) is 1. The number of halogens is 1. The Kier molecular flexibility index (Phi) is 4.90. The van der Waals surface area contributed by atoms with E-state index in [9.17, 15) is 9.18 Å². The third-order valence-corrected chi connectivity index (χ3v) is 3.76. The Morgan fingerprint density at radius 1 is 1.50 bits per heavy atom. The van der Waals surface area contributed by atoms with Gasteiger partial charge in [-0.3, -0.25) is 4.79 Å². The minimum atomic E-state index is -0.282. The molecule has 3 nitrogen and oxygen atoms in total. The summed E-state index contributed by atoms with van der Waals surface area (Å²) in [4.78, 5) is 14.1. The number of hydrogen-bond acceptors (Lipinski definition) is 2. The summed E-state index contributed by atoms with van der Waals surface area (Å²) in [6.07, 6.45) is 3.73. The molecule has 1 aliphatic heterocycles.